The predicted molar refractivity (Wildman–Crippen MR) is 149 cm³/mol. The van der Waals surface area contributed by atoms with E-state index in [1.807, 2.05) is 25.1 Å². The van der Waals surface area contributed by atoms with Crippen molar-refractivity contribution >= 4 is 21.1 Å². The molecule has 0 bridgehead atoms. The Hall–Kier alpha value is -3.47. The third-order valence-electron chi connectivity index (χ3n) is 7.33. The fourth-order valence-corrected chi connectivity index (χ4v) is 6.53. The number of sulfonamides is 1. The fraction of sp³-hybridized carbons (Fsp3) is 0.357. The van der Waals surface area contributed by atoms with E-state index in [0.29, 0.717) is 49.5 Å². The molecule has 4 aromatic rings. The first-order chi connectivity index (χ1) is 18.3. The van der Waals surface area contributed by atoms with Gasteiger partial charge in [-0.3, -0.25) is 13.9 Å². The molecule has 0 atom stereocenters. The Balaban J connectivity index is 1.31. The lowest BCUT2D eigenvalue weighted by atomic mass is 10.1. The van der Waals surface area contributed by atoms with Crippen LogP contribution in [-0.2, 0) is 29.5 Å². The van der Waals surface area contributed by atoms with Gasteiger partial charge in [0.25, 0.3) is 5.56 Å². The Morgan fingerprint density at radius 2 is 1.50 bits per heavy atom. The summed E-state index contributed by atoms with van der Waals surface area (Å²) in [5, 5.41) is 0. The van der Waals surface area contributed by atoms with Crippen LogP contribution >= 0.6 is 0 Å². The Kier molecular flexibility index (Phi) is 7.38. The van der Waals surface area contributed by atoms with Gasteiger partial charge in [-0.25, -0.2) is 13.2 Å². The smallest absolute Gasteiger partial charge is 0.331 e. The molecule has 0 spiro atoms. The van der Waals surface area contributed by atoms with E-state index in [1.54, 1.807) is 46.1 Å². The van der Waals surface area contributed by atoms with Gasteiger partial charge >= 0.3 is 5.69 Å². The largest absolute Gasteiger partial charge is 0.349 e. The molecular formula is C28H33N5O4S. The topological polar surface area (TPSA) is 100 Å². The first-order valence-corrected chi connectivity index (χ1v) is 14.5. The van der Waals surface area contributed by atoms with Gasteiger partial charge in [-0.15, -0.1) is 0 Å². The van der Waals surface area contributed by atoms with Crippen LogP contribution in [0.4, 0.5) is 0 Å². The molecule has 1 aliphatic heterocycles. The lowest BCUT2D eigenvalue weighted by Crippen LogP contribution is -2.48. The molecule has 1 fully saturated rings. The maximum absolute atomic E-state index is 13.3. The van der Waals surface area contributed by atoms with Gasteiger partial charge in [-0.05, 0) is 49.6 Å². The summed E-state index contributed by atoms with van der Waals surface area (Å²) in [5.74, 6) is 0. The maximum Gasteiger partial charge on any atom is 0.331 e. The Labute approximate surface area is 222 Å². The zero-order valence-corrected chi connectivity index (χ0v) is 22.6. The van der Waals surface area contributed by atoms with Crippen molar-refractivity contribution in [2.75, 3.05) is 32.7 Å². The summed E-state index contributed by atoms with van der Waals surface area (Å²) in [6.45, 7) is 7.58. The van der Waals surface area contributed by atoms with E-state index in [-0.39, 0.29) is 22.7 Å². The maximum atomic E-state index is 13.3. The molecule has 1 saturated heterocycles. The summed E-state index contributed by atoms with van der Waals surface area (Å²) in [4.78, 5) is 31.2. The monoisotopic (exact) mass is 535 g/mol. The van der Waals surface area contributed by atoms with E-state index in [1.165, 1.54) is 10.1 Å². The molecule has 0 aliphatic carbocycles. The zero-order valence-electron chi connectivity index (χ0n) is 21.8. The number of hydrogen-bond donors (Lipinski definition) is 1. The third kappa shape index (κ3) is 4.87. The van der Waals surface area contributed by atoms with Gasteiger partial charge in [0, 0.05) is 51.5 Å². The highest BCUT2D eigenvalue weighted by molar-refractivity contribution is 7.89. The van der Waals surface area contributed by atoms with Crippen LogP contribution in [0.2, 0.25) is 0 Å². The Morgan fingerprint density at radius 3 is 2.13 bits per heavy atom. The SMILES string of the molecule is CCn1c(=O)c2[nH]c(-c3ccc(S(=O)(=O)N4CCN(CCc5ccccc5)CC4)cc3)cc2n(CC)c1=O. The normalized spacial score (nSPS) is 15.3. The Morgan fingerprint density at radius 1 is 0.842 bits per heavy atom. The molecule has 2 aromatic carbocycles. The molecule has 1 aliphatic rings. The number of nitrogens with zero attached hydrogens (tertiary/aromatic N) is 4. The van der Waals surface area contributed by atoms with Crippen LogP contribution in [0.3, 0.4) is 0 Å². The summed E-state index contributed by atoms with van der Waals surface area (Å²) >= 11 is 0. The second-order valence-corrected chi connectivity index (χ2v) is 11.5. The predicted octanol–water partition coefficient (Wildman–Crippen LogP) is 2.75. The molecule has 0 saturated carbocycles. The minimum Gasteiger partial charge on any atom is -0.349 e. The summed E-state index contributed by atoms with van der Waals surface area (Å²) in [5.41, 5.74) is 2.90. The highest BCUT2D eigenvalue weighted by Gasteiger charge is 2.28. The molecule has 9 nitrogen and oxygen atoms in total. The highest BCUT2D eigenvalue weighted by atomic mass is 32.2. The van der Waals surface area contributed by atoms with Crippen LogP contribution in [0.15, 0.2) is 75.1 Å². The van der Waals surface area contributed by atoms with Gasteiger partial charge in [0.2, 0.25) is 10.0 Å². The number of H-pyrrole nitrogens is 1. The molecule has 1 N–H and O–H groups in total. The van der Waals surface area contributed by atoms with Crippen LogP contribution in [-0.4, -0.2) is 64.5 Å². The van der Waals surface area contributed by atoms with Gasteiger partial charge in [-0.1, -0.05) is 42.5 Å². The van der Waals surface area contributed by atoms with Crippen molar-refractivity contribution in [1.82, 2.24) is 23.3 Å². The Bertz CT molecular complexity index is 1650. The quantitative estimate of drug-likeness (QED) is 0.374. The van der Waals surface area contributed by atoms with E-state index < -0.39 is 10.0 Å². The number of fused-ring (bicyclic) bond motifs is 1. The zero-order chi connectivity index (χ0) is 26.9. The van der Waals surface area contributed by atoms with Crippen LogP contribution in [0, 0.1) is 0 Å². The van der Waals surface area contributed by atoms with Crippen molar-refractivity contribution in [3.8, 4) is 11.3 Å². The second-order valence-electron chi connectivity index (χ2n) is 9.53. The van der Waals surface area contributed by atoms with Gasteiger partial charge in [0.1, 0.15) is 5.52 Å². The van der Waals surface area contributed by atoms with Crippen molar-refractivity contribution in [3.05, 3.63) is 87.1 Å². The van der Waals surface area contributed by atoms with Gasteiger partial charge in [-0.2, -0.15) is 4.31 Å². The van der Waals surface area contributed by atoms with E-state index in [4.69, 9.17) is 0 Å². The molecule has 10 heteroatoms. The van der Waals surface area contributed by atoms with Gasteiger partial charge < -0.3 is 9.88 Å². The molecule has 0 amide bonds. The average Bonchev–Trinajstić information content (AvgIpc) is 3.39. The number of piperazine rings is 1. The molecule has 3 heterocycles. The van der Waals surface area contributed by atoms with Gasteiger partial charge in [0.05, 0.1) is 10.4 Å². The highest BCUT2D eigenvalue weighted by Crippen LogP contribution is 2.25. The van der Waals surface area contributed by atoms with E-state index >= 15 is 0 Å². The number of aromatic amines is 1. The van der Waals surface area contributed by atoms with Crippen molar-refractivity contribution in [2.24, 2.45) is 0 Å². The van der Waals surface area contributed by atoms with Crippen molar-refractivity contribution in [3.63, 3.8) is 0 Å². The molecule has 0 radical (unpaired) electrons. The number of benzene rings is 2. The lowest BCUT2D eigenvalue weighted by molar-refractivity contribution is 0.190. The molecule has 200 valence electrons. The second kappa shape index (κ2) is 10.7. The van der Waals surface area contributed by atoms with E-state index in [9.17, 15) is 18.0 Å². The molecule has 0 unspecified atom stereocenters. The molecular weight excluding hydrogens is 502 g/mol. The average molecular weight is 536 g/mol. The minimum absolute atomic E-state index is 0.244. The number of aryl methyl sites for hydroxylation is 1. The fourth-order valence-electron chi connectivity index (χ4n) is 5.11. The number of nitrogens with one attached hydrogen (secondary N) is 1. The molecule has 2 aromatic heterocycles. The van der Waals surface area contributed by atoms with E-state index in [2.05, 4.69) is 22.0 Å². The first kappa shape index (κ1) is 26.1. The summed E-state index contributed by atoms with van der Waals surface area (Å²) in [6, 6.07) is 18.8. The van der Waals surface area contributed by atoms with Crippen molar-refractivity contribution < 1.29 is 8.42 Å². The number of rotatable bonds is 8. The summed E-state index contributed by atoms with van der Waals surface area (Å²) in [6.07, 6.45) is 0.948. The number of hydrogen-bond acceptors (Lipinski definition) is 5. The van der Waals surface area contributed by atoms with Crippen molar-refractivity contribution in [2.45, 2.75) is 38.3 Å². The lowest BCUT2D eigenvalue weighted by Gasteiger charge is -2.34. The third-order valence-corrected chi connectivity index (χ3v) is 9.25. The van der Waals surface area contributed by atoms with Crippen LogP contribution in [0.1, 0.15) is 19.4 Å². The molecule has 38 heavy (non-hydrogen) atoms. The summed E-state index contributed by atoms with van der Waals surface area (Å²) in [7, 11) is -3.61. The van der Waals surface area contributed by atoms with Gasteiger partial charge in [0.15, 0.2) is 0 Å². The van der Waals surface area contributed by atoms with Crippen molar-refractivity contribution in [1.29, 1.82) is 0 Å². The van der Waals surface area contributed by atoms with Crippen LogP contribution in [0.5, 0.6) is 0 Å². The molecule has 5 rings (SSSR count). The first-order valence-electron chi connectivity index (χ1n) is 13.1. The minimum atomic E-state index is -3.61. The number of aromatic nitrogens is 3. The standard InChI is InChI=1S/C28H33N5O4S/c1-3-32-25-20-24(29-26(25)27(34)33(4-2)28(32)35)22-10-12-23(13-11-22)38(36,37)31-18-16-30(17-19-31)15-14-21-8-6-5-7-9-21/h5-13,20,29H,3-4,14-19H2,1-2H3. The summed E-state index contributed by atoms with van der Waals surface area (Å²) < 4.78 is 31.0. The van der Waals surface area contributed by atoms with Crippen LogP contribution < -0.4 is 11.2 Å². The van der Waals surface area contributed by atoms with E-state index in [0.717, 1.165) is 18.5 Å². The van der Waals surface area contributed by atoms with Crippen LogP contribution in [0.25, 0.3) is 22.3 Å².